The number of carbonyl (C=O) groups is 1. The number of hydrogen-bond donors (Lipinski definition) is 1. The zero-order chi connectivity index (χ0) is 10.1. The Balaban J connectivity index is 3.73. The molecule has 0 radical (unpaired) electrons. The summed E-state index contributed by atoms with van der Waals surface area (Å²) in [4.78, 5) is 12.8. The fourth-order valence-electron chi connectivity index (χ4n) is 0.984. The monoisotopic (exact) mass is 183 g/mol. The average Bonchev–Trinajstić information content (AvgIpc) is 2.14. The lowest BCUT2D eigenvalue weighted by Crippen LogP contribution is -2.27. The summed E-state index contributed by atoms with van der Waals surface area (Å²) >= 11 is 0. The Morgan fingerprint density at radius 1 is 1.31 bits per heavy atom. The van der Waals surface area contributed by atoms with Crippen LogP contribution in [-0.4, -0.2) is 42.0 Å². The van der Waals surface area contributed by atoms with Crippen molar-refractivity contribution in [1.29, 1.82) is 0 Å². The topological polar surface area (TPSA) is 40.5 Å². The highest BCUT2D eigenvalue weighted by molar-refractivity contribution is 5.79. The van der Waals surface area contributed by atoms with E-state index in [1.807, 2.05) is 4.90 Å². The van der Waals surface area contributed by atoms with Crippen LogP contribution in [0.1, 0.15) is 6.42 Å². The van der Waals surface area contributed by atoms with Crippen LogP contribution in [0.3, 0.4) is 0 Å². The lowest BCUT2D eigenvalue weighted by atomic mass is 10.2. The van der Waals surface area contributed by atoms with Crippen LogP contribution in [-0.2, 0) is 4.79 Å². The van der Waals surface area contributed by atoms with Gasteiger partial charge in [0.2, 0.25) is 0 Å². The van der Waals surface area contributed by atoms with Gasteiger partial charge in [-0.2, -0.15) is 0 Å². The molecule has 0 bridgehead atoms. The Morgan fingerprint density at radius 3 is 2.23 bits per heavy atom. The summed E-state index contributed by atoms with van der Waals surface area (Å²) in [6.07, 6.45) is 3.96. The van der Waals surface area contributed by atoms with E-state index >= 15 is 0 Å². The molecule has 0 atom stereocenters. The summed E-state index contributed by atoms with van der Waals surface area (Å²) in [5.41, 5.74) is 0. The molecule has 0 aliphatic carbocycles. The second-order valence-corrected chi connectivity index (χ2v) is 2.78. The lowest BCUT2D eigenvalue weighted by Gasteiger charge is -2.17. The van der Waals surface area contributed by atoms with E-state index in [0.29, 0.717) is 13.0 Å². The van der Waals surface area contributed by atoms with Gasteiger partial charge in [-0.05, 0) is 0 Å². The summed E-state index contributed by atoms with van der Waals surface area (Å²) in [5.74, 6) is -0.127. The summed E-state index contributed by atoms with van der Waals surface area (Å²) < 4.78 is 0. The molecular weight excluding hydrogens is 166 g/mol. The van der Waals surface area contributed by atoms with Crippen molar-refractivity contribution in [2.24, 2.45) is 0 Å². The average molecular weight is 183 g/mol. The van der Waals surface area contributed by atoms with E-state index in [9.17, 15) is 4.79 Å². The molecule has 1 N–H and O–H groups in total. The first kappa shape index (κ1) is 12.1. The maximum atomic E-state index is 10.8. The van der Waals surface area contributed by atoms with E-state index in [1.54, 1.807) is 12.2 Å². The minimum atomic E-state index is -0.365. The van der Waals surface area contributed by atoms with Crippen LogP contribution in [0.5, 0.6) is 0 Å². The second kappa shape index (κ2) is 7.71. The molecule has 0 fully saturated rings. The molecule has 74 valence electrons. The highest BCUT2D eigenvalue weighted by Gasteiger charge is 2.04. The number of nitrogens with zero attached hydrogens (tertiary/aromatic N) is 1. The molecule has 0 aliphatic rings. The Hall–Kier alpha value is -0.930. The first-order valence-corrected chi connectivity index (χ1v) is 4.31. The SMILES string of the molecule is C=CCN(CC=C)CCC(=O)CO. The van der Waals surface area contributed by atoms with Crippen molar-refractivity contribution >= 4 is 5.78 Å². The molecule has 0 rings (SSSR count). The molecule has 0 aliphatic heterocycles. The van der Waals surface area contributed by atoms with Crippen LogP contribution in [0.4, 0.5) is 0 Å². The summed E-state index contributed by atoms with van der Waals surface area (Å²) in [7, 11) is 0. The maximum absolute atomic E-state index is 10.8. The first-order valence-electron chi connectivity index (χ1n) is 4.31. The number of carbonyl (C=O) groups excluding carboxylic acids is 1. The molecular formula is C10H17NO2. The standard InChI is InChI=1S/C10H17NO2/c1-3-6-11(7-4-2)8-5-10(13)9-12/h3-4,12H,1-2,5-9H2. The van der Waals surface area contributed by atoms with Crippen LogP contribution in [0.2, 0.25) is 0 Å². The van der Waals surface area contributed by atoms with Gasteiger partial charge in [0.15, 0.2) is 5.78 Å². The van der Waals surface area contributed by atoms with Crippen LogP contribution in [0.15, 0.2) is 25.3 Å². The first-order chi connectivity index (χ1) is 6.24. The van der Waals surface area contributed by atoms with Gasteiger partial charge in [0.05, 0.1) is 0 Å². The molecule has 0 aromatic heterocycles. The number of aliphatic hydroxyl groups excluding tert-OH is 1. The fourth-order valence-corrected chi connectivity index (χ4v) is 0.984. The summed E-state index contributed by atoms with van der Waals surface area (Å²) in [5, 5.41) is 8.50. The van der Waals surface area contributed by atoms with Gasteiger partial charge >= 0.3 is 0 Å². The maximum Gasteiger partial charge on any atom is 0.159 e. The van der Waals surface area contributed by atoms with Gasteiger partial charge in [0, 0.05) is 26.1 Å². The van der Waals surface area contributed by atoms with Crippen molar-refractivity contribution in [3.8, 4) is 0 Å². The Kier molecular flexibility index (Phi) is 7.15. The van der Waals surface area contributed by atoms with Crippen LogP contribution in [0.25, 0.3) is 0 Å². The molecule has 0 aromatic rings. The van der Waals surface area contributed by atoms with Crippen LogP contribution < -0.4 is 0 Å². The number of aliphatic hydroxyl groups is 1. The molecule has 3 nitrogen and oxygen atoms in total. The zero-order valence-electron chi connectivity index (χ0n) is 7.91. The molecule has 0 saturated heterocycles. The smallest absolute Gasteiger partial charge is 0.159 e. The number of hydrogen-bond acceptors (Lipinski definition) is 3. The van der Waals surface area contributed by atoms with E-state index in [1.165, 1.54) is 0 Å². The van der Waals surface area contributed by atoms with Crippen molar-refractivity contribution in [1.82, 2.24) is 4.90 Å². The van der Waals surface area contributed by atoms with Gasteiger partial charge < -0.3 is 5.11 Å². The van der Waals surface area contributed by atoms with E-state index in [2.05, 4.69) is 13.2 Å². The van der Waals surface area contributed by atoms with Crippen molar-refractivity contribution < 1.29 is 9.90 Å². The van der Waals surface area contributed by atoms with Crippen molar-refractivity contribution in [3.63, 3.8) is 0 Å². The van der Waals surface area contributed by atoms with E-state index in [-0.39, 0.29) is 12.4 Å². The number of ketones is 1. The highest BCUT2D eigenvalue weighted by Crippen LogP contribution is 1.93. The van der Waals surface area contributed by atoms with E-state index in [0.717, 1.165) is 13.1 Å². The Morgan fingerprint density at radius 2 is 1.85 bits per heavy atom. The molecule has 0 unspecified atom stereocenters. The molecule has 3 heteroatoms. The van der Waals surface area contributed by atoms with Gasteiger partial charge in [-0.1, -0.05) is 12.2 Å². The van der Waals surface area contributed by atoms with Crippen molar-refractivity contribution in [2.45, 2.75) is 6.42 Å². The third-order valence-electron chi connectivity index (χ3n) is 1.66. The molecule has 0 heterocycles. The van der Waals surface area contributed by atoms with Gasteiger partial charge in [0.25, 0.3) is 0 Å². The summed E-state index contributed by atoms with van der Waals surface area (Å²) in [6.45, 7) is 9.01. The quantitative estimate of drug-likeness (QED) is 0.561. The Bertz CT molecular complexity index is 168. The predicted octanol–water partition coefficient (Wildman–Crippen LogP) is 0.612. The minimum absolute atomic E-state index is 0.127. The number of rotatable bonds is 8. The Labute approximate surface area is 79.4 Å². The normalized spacial score (nSPS) is 10.0. The molecule has 0 aromatic carbocycles. The molecule has 0 spiro atoms. The third kappa shape index (κ3) is 6.25. The van der Waals surface area contributed by atoms with E-state index < -0.39 is 0 Å². The third-order valence-corrected chi connectivity index (χ3v) is 1.66. The van der Waals surface area contributed by atoms with E-state index in [4.69, 9.17) is 5.11 Å². The van der Waals surface area contributed by atoms with Crippen LogP contribution >= 0.6 is 0 Å². The van der Waals surface area contributed by atoms with Gasteiger partial charge in [-0.15, -0.1) is 13.2 Å². The summed E-state index contributed by atoms with van der Waals surface area (Å²) in [6, 6.07) is 0. The van der Waals surface area contributed by atoms with Gasteiger partial charge in [-0.25, -0.2) is 0 Å². The molecule has 0 saturated carbocycles. The van der Waals surface area contributed by atoms with Crippen molar-refractivity contribution in [2.75, 3.05) is 26.2 Å². The molecule has 0 amide bonds. The zero-order valence-corrected chi connectivity index (χ0v) is 7.91. The minimum Gasteiger partial charge on any atom is -0.389 e. The van der Waals surface area contributed by atoms with Gasteiger partial charge in [-0.3, -0.25) is 9.69 Å². The lowest BCUT2D eigenvalue weighted by molar-refractivity contribution is -0.122. The largest absolute Gasteiger partial charge is 0.389 e. The van der Waals surface area contributed by atoms with Crippen LogP contribution in [0, 0.1) is 0 Å². The predicted molar refractivity (Wildman–Crippen MR) is 53.5 cm³/mol. The second-order valence-electron chi connectivity index (χ2n) is 2.78. The fraction of sp³-hybridized carbons (Fsp3) is 0.500. The van der Waals surface area contributed by atoms with Crippen molar-refractivity contribution in [3.05, 3.63) is 25.3 Å². The van der Waals surface area contributed by atoms with Gasteiger partial charge in [0.1, 0.15) is 6.61 Å². The highest BCUT2D eigenvalue weighted by atomic mass is 16.3. The number of Topliss-reactive ketones (excluding diaryl/α,β-unsaturated/α-hetero) is 1. The molecule has 13 heavy (non-hydrogen) atoms.